The van der Waals surface area contributed by atoms with Crippen LogP contribution in [0.4, 0.5) is 0 Å². The summed E-state index contributed by atoms with van der Waals surface area (Å²) in [6, 6.07) is 4.60. The van der Waals surface area contributed by atoms with Crippen molar-refractivity contribution < 1.29 is 10.2 Å². The molecule has 0 aliphatic carbocycles. The van der Waals surface area contributed by atoms with Gasteiger partial charge in [-0.1, -0.05) is 95.4 Å². The van der Waals surface area contributed by atoms with Gasteiger partial charge in [0, 0.05) is 6.07 Å². The second-order valence-electron chi connectivity index (χ2n) is 6.89. The van der Waals surface area contributed by atoms with Gasteiger partial charge in [0.05, 0.1) is 0 Å². The lowest BCUT2D eigenvalue weighted by molar-refractivity contribution is 0.450. The highest BCUT2D eigenvalue weighted by Gasteiger charge is 1.95. The van der Waals surface area contributed by atoms with Crippen molar-refractivity contribution in [2.24, 2.45) is 0 Å². The molecule has 0 heterocycles. The Kier molecular flexibility index (Phi) is 12.5. The van der Waals surface area contributed by atoms with E-state index in [1.165, 1.54) is 76.7 Å². The van der Waals surface area contributed by atoms with E-state index in [2.05, 4.69) is 13.0 Å². The highest BCUT2D eigenvalue weighted by molar-refractivity contribution is 5.55. The van der Waals surface area contributed by atoms with Gasteiger partial charge in [-0.15, -0.1) is 0 Å². The summed E-state index contributed by atoms with van der Waals surface area (Å²) in [5.74, 6) is 0.175. The molecule has 2 N–H and O–H groups in total. The van der Waals surface area contributed by atoms with Gasteiger partial charge in [0.2, 0.25) is 0 Å². The monoisotopic (exact) mass is 344 g/mol. The Morgan fingerprint density at radius 2 is 1.20 bits per heavy atom. The number of phenolic OH excluding ortho intramolecular Hbond substituents is 2. The predicted octanol–water partition coefficient (Wildman–Crippen LogP) is 7.37. The molecule has 2 nitrogen and oxygen atoms in total. The molecule has 0 radical (unpaired) electrons. The number of hydrogen-bond acceptors (Lipinski definition) is 2. The van der Waals surface area contributed by atoms with Crippen molar-refractivity contribution in [3.63, 3.8) is 0 Å². The van der Waals surface area contributed by atoms with Crippen LogP contribution in [0.15, 0.2) is 36.4 Å². The van der Waals surface area contributed by atoms with Crippen LogP contribution in [0, 0.1) is 0 Å². The van der Waals surface area contributed by atoms with Gasteiger partial charge >= 0.3 is 0 Å². The molecule has 140 valence electrons. The highest BCUT2D eigenvalue weighted by atomic mass is 16.3. The third kappa shape index (κ3) is 12.3. The van der Waals surface area contributed by atoms with Crippen LogP contribution in [0.1, 0.15) is 89.5 Å². The molecule has 2 heteroatoms. The van der Waals surface area contributed by atoms with Crippen LogP contribution >= 0.6 is 0 Å². The lowest BCUT2D eigenvalue weighted by Crippen LogP contribution is -1.81. The zero-order valence-electron chi connectivity index (χ0n) is 15.9. The van der Waals surface area contributed by atoms with E-state index in [-0.39, 0.29) is 11.5 Å². The van der Waals surface area contributed by atoms with Crippen molar-refractivity contribution in [2.75, 3.05) is 0 Å². The molecule has 1 aromatic carbocycles. The zero-order valence-corrected chi connectivity index (χ0v) is 15.9. The summed E-state index contributed by atoms with van der Waals surface area (Å²) in [6.45, 7) is 2.27. The molecule has 0 aliphatic rings. The van der Waals surface area contributed by atoms with Crippen LogP contribution in [0.3, 0.4) is 0 Å². The first-order valence-corrected chi connectivity index (χ1v) is 10.1. The standard InChI is InChI=1S/C23H36O2/c1-2-3-4-5-6-7-8-9-10-11-12-13-14-15-16-17-21-18-22(24)20-23(25)19-21/h14-20,24-25H,2-13H2,1H3/b15-14+,17-16+. The summed E-state index contributed by atoms with van der Waals surface area (Å²) in [5.41, 5.74) is 0.803. The number of aromatic hydroxyl groups is 2. The van der Waals surface area contributed by atoms with Gasteiger partial charge in [0.1, 0.15) is 11.5 Å². The normalized spacial score (nSPS) is 11.7. The van der Waals surface area contributed by atoms with E-state index in [1.807, 2.05) is 18.2 Å². The predicted molar refractivity (Wildman–Crippen MR) is 109 cm³/mol. The molecule has 0 atom stereocenters. The van der Waals surface area contributed by atoms with E-state index in [0.29, 0.717) is 0 Å². The van der Waals surface area contributed by atoms with Gasteiger partial charge in [-0.2, -0.15) is 0 Å². The molecule has 0 amide bonds. The molecule has 0 saturated carbocycles. The SMILES string of the molecule is CCCCCCCCCCCCC/C=C/C=C/c1cc(O)cc(O)c1. The van der Waals surface area contributed by atoms with Crippen LogP contribution in [0.2, 0.25) is 0 Å². The van der Waals surface area contributed by atoms with Crippen molar-refractivity contribution in [1.82, 2.24) is 0 Å². The summed E-state index contributed by atoms with van der Waals surface area (Å²) in [4.78, 5) is 0. The van der Waals surface area contributed by atoms with Crippen LogP contribution < -0.4 is 0 Å². The van der Waals surface area contributed by atoms with Gasteiger partial charge in [-0.25, -0.2) is 0 Å². The van der Waals surface area contributed by atoms with Crippen molar-refractivity contribution in [3.8, 4) is 11.5 Å². The smallest absolute Gasteiger partial charge is 0.119 e. The molecule has 0 aromatic heterocycles. The molecule has 0 bridgehead atoms. The average Bonchev–Trinajstić information content (AvgIpc) is 2.57. The zero-order chi connectivity index (χ0) is 18.2. The minimum absolute atomic E-state index is 0.0876. The molecular weight excluding hydrogens is 308 g/mol. The Bertz CT molecular complexity index is 483. The molecule has 0 spiro atoms. The minimum Gasteiger partial charge on any atom is -0.508 e. The second kappa shape index (κ2) is 14.6. The van der Waals surface area contributed by atoms with Crippen LogP contribution in [-0.2, 0) is 0 Å². The van der Waals surface area contributed by atoms with E-state index in [4.69, 9.17) is 0 Å². The van der Waals surface area contributed by atoms with Crippen molar-refractivity contribution in [3.05, 3.63) is 42.0 Å². The number of phenols is 2. The molecule has 0 fully saturated rings. The lowest BCUT2D eigenvalue weighted by Gasteiger charge is -2.01. The van der Waals surface area contributed by atoms with E-state index in [9.17, 15) is 10.2 Å². The van der Waals surface area contributed by atoms with Crippen LogP contribution in [0.5, 0.6) is 11.5 Å². The third-order valence-corrected chi connectivity index (χ3v) is 4.44. The van der Waals surface area contributed by atoms with E-state index < -0.39 is 0 Å². The lowest BCUT2D eigenvalue weighted by atomic mass is 10.1. The first kappa shape index (κ1) is 21.3. The topological polar surface area (TPSA) is 40.5 Å². The molecule has 0 unspecified atom stereocenters. The van der Waals surface area contributed by atoms with Crippen molar-refractivity contribution in [2.45, 2.75) is 84.0 Å². The molecule has 25 heavy (non-hydrogen) atoms. The molecule has 0 aliphatic heterocycles. The second-order valence-corrected chi connectivity index (χ2v) is 6.89. The average molecular weight is 345 g/mol. The van der Waals surface area contributed by atoms with Crippen molar-refractivity contribution in [1.29, 1.82) is 0 Å². The maximum absolute atomic E-state index is 9.41. The molecule has 1 aromatic rings. The molecular formula is C23H36O2. The Morgan fingerprint density at radius 3 is 1.76 bits per heavy atom. The Morgan fingerprint density at radius 1 is 0.680 bits per heavy atom. The number of benzene rings is 1. The van der Waals surface area contributed by atoms with Crippen LogP contribution in [-0.4, -0.2) is 10.2 Å². The fraction of sp³-hybridized carbons (Fsp3) is 0.565. The third-order valence-electron chi connectivity index (χ3n) is 4.44. The largest absolute Gasteiger partial charge is 0.508 e. The minimum atomic E-state index is 0.0876. The maximum atomic E-state index is 9.41. The summed E-state index contributed by atoms with van der Waals surface area (Å²) >= 11 is 0. The molecule has 1 rings (SSSR count). The summed E-state index contributed by atoms with van der Waals surface area (Å²) in [5, 5.41) is 18.8. The van der Waals surface area contributed by atoms with E-state index in [0.717, 1.165) is 12.0 Å². The van der Waals surface area contributed by atoms with Gasteiger partial charge in [-0.3, -0.25) is 0 Å². The summed E-state index contributed by atoms with van der Waals surface area (Å²) in [6.07, 6.45) is 24.3. The summed E-state index contributed by atoms with van der Waals surface area (Å²) < 4.78 is 0. The highest BCUT2D eigenvalue weighted by Crippen LogP contribution is 2.21. The van der Waals surface area contributed by atoms with Gasteiger partial charge in [-0.05, 0) is 30.5 Å². The fourth-order valence-electron chi connectivity index (χ4n) is 2.98. The quantitative estimate of drug-likeness (QED) is 0.273. The van der Waals surface area contributed by atoms with E-state index >= 15 is 0 Å². The molecule has 0 saturated heterocycles. The first-order chi connectivity index (χ1) is 12.2. The number of allylic oxidation sites excluding steroid dienone is 3. The van der Waals surface area contributed by atoms with Gasteiger partial charge < -0.3 is 10.2 Å². The maximum Gasteiger partial charge on any atom is 0.119 e. The van der Waals surface area contributed by atoms with E-state index in [1.54, 1.807) is 12.1 Å². The van der Waals surface area contributed by atoms with Crippen molar-refractivity contribution >= 4 is 6.08 Å². The Hall–Kier alpha value is -1.70. The van der Waals surface area contributed by atoms with Crippen LogP contribution in [0.25, 0.3) is 6.08 Å². The summed E-state index contributed by atoms with van der Waals surface area (Å²) in [7, 11) is 0. The van der Waals surface area contributed by atoms with Gasteiger partial charge in [0.15, 0.2) is 0 Å². The Balaban J connectivity index is 1.95. The Labute approximate surface area is 154 Å². The van der Waals surface area contributed by atoms with Gasteiger partial charge in [0.25, 0.3) is 0 Å². The number of hydrogen-bond donors (Lipinski definition) is 2. The fourth-order valence-corrected chi connectivity index (χ4v) is 2.98. The number of unbranched alkanes of at least 4 members (excludes halogenated alkanes) is 11. The number of rotatable bonds is 14. The first-order valence-electron chi connectivity index (χ1n) is 10.1.